The van der Waals surface area contributed by atoms with Crippen molar-refractivity contribution in [2.45, 2.75) is 37.9 Å². The number of aliphatic hydroxyl groups excluding tert-OH is 1. The lowest BCUT2D eigenvalue weighted by molar-refractivity contribution is 0.0153. The van der Waals surface area contributed by atoms with Gasteiger partial charge in [-0.1, -0.05) is 5.16 Å². The number of nitrogens with zero attached hydrogens (tertiary/aromatic N) is 2. The van der Waals surface area contributed by atoms with Gasteiger partial charge in [-0.15, -0.1) is 0 Å². The summed E-state index contributed by atoms with van der Waals surface area (Å²) in [5, 5.41) is 13.2. The van der Waals surface area contributed by atoms with Crippen molar-refractivity contribution < 1.29 is 14.4 Å². The summed E-state index contributed by atoms with van der Waals surface area (Å²) in [6.45, 7) is 0.891. The number of aromatic nitrogens is 2. The molecule has 1 aliphatic heterocycles. The normalized spacial score (nSPS) is 23.2. The molecule has 0 aliphatic carbocycles. The van der Waals surface area contributed by atoms with Crippen molar-refractivity contribution in [2.75, 3.05) is 13.2 Å². The third kappa shape index (κ3) is 2.78. The Morgan fingerprint density at radius 3 is 3.06 bits per heavy atom. The number of aliphatic hydroxyl groups is 1. The number of ether oxygens (including phenoxy) is 1. The van der Waals surface area contributed by atoms with Gasteiger partial charge in [0.15, 0.2) is 5.82 Å². The van der Waals surface area contributed by atoms with Crippen LogP contribution in [-0.2, 0) is 11.2 Å². The van der Waals surface area contributed by atoms with Crippen LogP contribution in [0.2, 0.25) is 0 Å². The molecule has 2 rings (SSSR count). The monoisotopic (exact) mass is 227 g/mol. The number of hydrogen-bond donors (Lipinski definition) is 2. The first-order valence-electron chi connectivity index (χ1n) is 5.62. The van der Waals surface area contributed by atoms with Crippen LogP contribution in [0.3, 0.4) is 0 Å². The van der Waals surface area contributed by atoms with E-state index in [0.717, 1.165) is 19.4 Å². The Hall–Kier alpha value is -0.980. The minimum absolute atomic E-state index is 0.0849. The van der Waals surface area contributed by atoms with Gasteiger partial charge in [-0.3, -0.25) is 0 Å². The van der Waals surface area contributed by atoms with Crippen LogP contribution in [0.4, 0.5) is 0 Å². The van der Waals surface area contributed by atoms with Crippen LogP contribution in [0, 0.1) is 0 Å². The van der Waals surface area contributed by atoms with E-state index >= 15 is 0 Å². The van der Waals surface area contributed by atoms with Gasteiger partial charge in [0.1, 0.15) is 6.10 Å². The average Bonchev–Trinajstić information content (AvgIpc) is 2.78. The highest BCUT2D eigenvalue weighted by atomic mass is 16.5. The highest BCUT2D eigenvalue weighted by molar-refractivity contribution is 4.92. The van der Waals surface area contributed by atoms with Crippen LogP contribution >= 0.6 is 0 Å². The molecule has 0 saturated carbocycles. The van der Waals surface area contributed by atoms with Crippen LogP contribution in [0.25, 0.3) is 0 Å². The Labute approximate surface area is 93.8 Å². The van der Waals surface area contributed by atoms with Crippen LogP contribution in [0.1, 0.15) is 37.1 Å². The quantitative estimate of drug-likeness (QED) is 0.761. The molecular formula is C10H17N3O3. The average molecular weight is 227 g/mol. The molecule has 0 aromatic carbocycles. The van der Waals surface area contributed by atoms with Gasteiger partial charge in [0.05, 0.1) is 6.10 Å². The molecule has 1 aliphatic rings. The zero-order valence-electron chi connectivity index (χ0n) is 9.13. The van der Waals surface area contributed by atoms with Gasteiger partial charge in [0, 0.05) is 19.6 Å². The fourth-order valence-corrected chi connectivity index (χ4v) is 1.76. The Morgan fingerprint density at radius 1 is 1.50 bits per heavy atom. The van der Waals surface area contributed by atoms with Gasteiger partial charge in [-0.2, -0.15) is 4.98 Å². The van der Waals surface area contributed by atoms with Gasteiger partial charge >= 0.3 is 0 Å². The molecule has 6 heteroatoms. The van der Waals surface area contributed by atoms with Crippen LogP contribution in [-0.4, -0.2) is 34.5 Å². The lowest BCUT2D eigenvalue weighted by atomic mass is 10.1. The zero-order chi connectivity index (χ0) is 11.4. The fraction of sp³-hybridized carbons (Fsp3) is 0.800. The maximum atomic E-state index is 9.40. The maximum Gasteiger partial charge on any atom is 0.256 e. The summed E-state index contributed by atoms with van der Waals surface area (Å²) in [4.78, 5) is 4.09. The van der Waals surface area contributed by atoms with E-state index in [2.05, 4.69) is 10.1 Å². The van der Waals surface area contributed by atoms with Crippen LogP contribution in [0.5, 0.6) is 0 Å². The number of hydrogen-bond acceptors (Lipinski definition) is 6. The molecular weight excluding hydrogens is 210 g/mol. The highest BCUT2D eigenvalue weighted by Gasteiger charge is 2.19. The molecule has 2 heterocycles. The fourth-order valence-electron chi connectivity index (χ4n) is 1.76. The molecule has 0 bridgehead atoms. The second-order valence-corrected chi connectivity index (χ2v) is 3.99. The first-order chi connectivity index (χ1) is 7.79. The Morgan fingerprint density at radius 2 is 2.38 bits per heavy atom. The summed E-state index contributed by atoms with van der Waals surface area (Å²) in [5.74, 6) is 0.766. The number of rotatable bonds is 4. The standard InChI is InChI=1S/C10H17N3O3/c11-6-8(14)10-12-9(13-16-10)5-7-3-1-2-4-15-7/h7-8,14H,1-6,11H2/t7?,8-/m0/s1. The Balaban J connectivity index is 1.91. The predicted molar refractivity (Wildman–Crippen MR) is 55.6 cm³/mol. The van der Waals surface area contributed by atoms with E-state index in [0.29, 0.717) is 12.2 Å². The van der Waals surface area contributed by atoms with E-state index in [9.17, 15) is 5.11 Å². The largest absolute Gasteiger partial charge is 0.382 e. The van der Waals surface area contributed by atoms with Crippen LogP contribution in [0.15, 0.2) is 4.52 Å². The predicted octanol–water partition coefficient (Wildman–Crippen LogP) is 0.173. The third-order valence-electron chi connectivity index (χ3n) is 2.68. The van der Waals surface area contributed by atoms with E-state index in [4.69, 9.17) is 15.0 Å². The summed E-state index contributed by atoms with van der Waals surface area (Å²) >= 11 is 0. The van der Waals surface area contributed by atoms with Crippen molar-refractivity contribution in [3.05, 3.63) is 11.7 Å². The lowest BCUT2D eigenvalue weighted by Crippen LogP contribution is -2.22. The highest BCUT2D eigenvalue weighted by Crippen LogP contribution is 2.17. The molecule has 6 nitrogen and oxygen atoms in total. The molecule has 0 amide bonds. The summed E-state index contributed by atoms with van der Waals surface area (Å²) in [5.41, 5.74) is 5.30. The van der Waals surface area contributed by atoms with E-state index in [1.165, 1.54) is 6.42 Å². The van der Waals surface area contributed by atoms with Gasteiger partial charge < -0.3 is 20.1 Å². The van der Waals surface area contributed by atoms with Crippen molar-refractivity contribution >= 4 is 0 Å². The SMILES string of the molecule is NC[C@H](O)c1nc(CC2CCCCO2)no1. The second kappa shape index (κ2) is 5.38. The molecule has 16 heavy (non-hydrogen) atoms. The van der Waals surface area contributed by atoms with Crippen LogP contribution < -0.4 is 5.73 Å². The molecule has 1 aromatic heterocycles. The molecule has 0 radical (unpaired) electrons. The van der Waals surface area contributed by atoms with Crippen molar-refractivity contribution in [1.29, 1.82) is 0 Å². The molecule has 0 spiro atoms. The zero-order valence-corrected chi connectivity index (χ0v) is 9.13. The van der Waals surface area contributed by atoms with E-state index in [1.807, 2.05) is 0 Å². The molecule has 1 saturated heterocycles. The Bertz CT molecular complexity index is 323. The topological polar surface area (TPSA) is 94.4 Å². The number of nitrogens with two attached hydrogens (primary N) is 1. The van der Waals surface area contributed by atoms with Crippen molar-refractivity contribution in [3.63, 3.8) is 0 Å². The molecule has 3 N–H and O–H groups in total. The molecule has 1 aromatic rings. The Kier molecular flexibility index (Phi) is 3.87. The second-order valence-electron chi connectivity index (χ2n) is 3.99. The summed E-state index contributed by atoms with van der Waals surface area (Å²) in [6.07, 6.45) is 3.29. The van der Waals surface area contributed by atoms with E-state index < -0.39 is 6.10 Å². The van der Waals surface area contributed by atoms with Gasteiger partial charge in [-0.05, 0) is 19.3 Å². The van der Waals surface area contributed by atoms with E-state index in [1.54, 1.807) is 0 Å². The van der Waals surface area contributed by atoms with Crippen molar-refractivity contribution in [2.24, 2.45) is 5.73 Å². The summed E-state index contributed by atoms with van der Waals surface area (Å²) in [7, 11) is 0. The summed E-state index contributed by atoms with van der Waals surface area (Å²) < 4.78 is 10.5. The van der Waals surface area contributed by atoms with Gasteiger partial charge in [0.2, 0.25) is 0 Å². The van der Waals surface area contributed by atoms with Crippen molar-refractivity contribution in [3.8, 4) is 0 Å². The lowest BCUT2D eigenvalue weighted by Gasteiger charge is -2.20. The van der Waals surface area contributed by atoms with Gasteiger partial charge in [-0.25, -0.2) is 0 Å². The molecule has 2 atom stereocenters. The molecule has 1 unspecified atom stereocenters. The first kappa shape index (κ1) is 11.5. The minimum Gasteiger partial charge on any atom is -0.382 e. The molecule has 90 valence electrons. The maximum absolute atomic E-state index is 9.40. The summed E-state index contributed by atoms with van der Waals surface area (Å²) in [6, 6.07) is 0. The smallest absolute Gasteiger partial charge is 0.256 e. The van der Waals surface area contributed by atoms with E-state index in [-0.39, 0.29) is 18.5 Å². The third-order valence-corrected chi connectivity index (χ3v) is 2.68. The first-order valence-corrected chi connectivity index (χ1v) is 5.62. The van der Waals surface area contributed by atoms with Crippen molar-refractivity contribution in [1.82, 2.24) is 10.1 Å². The molecule has 1 fully saturated rings. The van der Waals surface area contributed by atoms with Gasteiger partial charge in [0.25, 0.3) is 5.89 Å². The minimum atomic E-state index is -0.867.